The van der Waals surface area contributed by atoms with Crippen LogP contribution in [0, 0.1) is 0 Å². The number of benzene rings is 1. The summed E-state index contributed by atoms with van der Waals surface area (Å²) in [7, 11) is 0. The van der Waals surface area contributed by atoms with E-state index < -0.39 is 6.10 Å². The molecule has 0 radical (unpaired) electrons. The topological polar surface area (TPSA) is 49.7 Å². The smallest absolute Gasteiger partial charge is 0.0808 e. The molecule has 0 amide bonds. The van der Waals surface area contributed by atoms with E-state index in [-0.39, 0.29) is 6.61 Å². The van der Waals surface area contributed by atoms with Gasteiger partial charge in [-0.2, -0.15) is 0 Å². The Bertz CT molecular complexity index is 309. The maximum Gasteiger partial charge on any atom is 0.0808 e. The molecular formula is C14H20O3. The minimum Gasteiger partial charge on any atom is -0.396 e. The van der Waals surface area contributed by atoms with E-state index in [0.29, 0.717) is 26.1 Å². The molecule has 0 fully saturated rings. The van der Waals surface area contributed by atoms with Gasteiger partial charge < -0.3 is 14.9 Å². The van der Waals surface area contributed by atoms with Gasteiger partial charge in [0.2, 0.25) is 0 Å². The van der Waals surface area contributed by atoms with Gasteiger partial charge in [0.05, 0.1) is 19.3 Å². The highest BCUT2D eigenvalue weighted by atomic mass is 16.5. The molecule has 0 saturated heterocycles. The first kappa shape index (κ1) is 13.9. The molecule has 0 aliphatic heterocycles. The maximum atomic E-state index is 9.59. The summed E-state index contributed by atoms with van der Waals surface area (Å²) in [5.74, 6) is 0. The fourth-order valence-electron chi connectivity index (χ4n) is 1.40. The van der Waals surface area contributed by atoms with E-state index in [1.54, 1.807) is 0 Å². The van der Waals surface area contributed by atoms with Gasteiger partial charge in [0, 0.05) is 6.61 Å². The number of rotatable bonds is 8. The van der Waals surface area contributed by atoms with Gasteiger partial charge >= 0.3 is 0 Å². The summed E-state index contributed by atoms with van der Waals surface area (Å²) in [5, 5.41) is 18.1. The lowest BCUT2D eigenvalue weighted by Gasteiger charge is -2.09. The second kappa shape index (κ2) is 8.93. The summed E-state index contributed by atoms with van der Waals surface area (Å²) in [6.45, 7) is 1.01. The van der Waals surface area contributed by atoms with Gasteiger partial charge in [-0.15, -0.1) is 0 Å². The SMILES string of the molecule is OCC/C=C\C[C@H](O)COCc1ccccc1. The van der Waals surface area contributed by atoms with E-state index in [0.717, 1.165) is 5.56 Å². The van der Waals surface area contributed by atoms with Crippen molar-refractivity contribution in [3.05, 3.63) is 48.0 Å². The van der Waals surface area contributed by atoms with E-state index in [4.69, 9.17) is 9.84 Å². The molecule has 3 heteroatoms. The second-order valence-electron chi connectivity index (χ2n) is 3.87. The van der Waals surface area contributed by atoms with Crippen LogP contribution in [0.5, 0.6) is 0 Å². The summed E-state index contributed by atoms with van der Waals surface area (Å²) >= 11 is 0. The highest BCUT2D eigenvalue weighted by Gasteiger charge is 2.01. The predicted molar refractivity (Wildman–Crippen MR) is 67.6 cm³/mol. The number of hydrogen-bond acceptors (Lipinski definition) is 3. The standard InChI is InChI=1S/C14H20O3/c15-10-6-2-5-9-14(16)12-17-11-13-7-3-1-4-8-13/h1-5,7-8,14-16H,6,9-12H2/b5-2-/t14-/m0/s1. The van der Waals surface area contributed by atoms with E-state index >= 15 is 0 Å². The molecule has 0 spiro atoms. The Balaban J connectivity index is 2.10. The second-order valence-corrected chi connectivity index (χ2v) is 3.87. The molecule has 94 valence electrons. The molecule has 0 bridgehead atoms. The van der Waals surface area contributed by atoms with Crippen LogP contribution in [0.2, 0.25) is 0 Å². The predicted octanol–water partition coefficient (Wildman–Crippen LogP) is 1.89. The Hall–Kier alpha value is -1.16. The fourth-order valence-corrected chi connectivity index (χ4v) is 1.40. The van der Waals surface area contributed by atoms with Crippen LogP contribution >= 0.6 is 0 Å². The van der Waals surface area contributed by atoms with E-state index in [9.17, 15) is 5.11 Å². The van der Waals surface area contributed by atoms with Crippen LogP contribution in [0.4, 0.5) is 0 Å². The fraction of sp³-hybridized carbons (Fsp3) is 0.429. The highest BCUT2D eigenvalue weighted by Crippen LogP contribution is 2.02. The van der Waals surface area contributed by atoms with Crippen molar-refractivity contribution >= 4 is 0 Å². The monoisotopic (exact) mass is 236 g/mol. The molecular weight excluding hydrogens is 216 g/mol. The van der Waals surface area contributed by atoms with Gasteiger partial charge in [0.15, 0.2) is 0 Å². The number of ether oxygens (including phenoxy) is 1. The average molecular weight is 236 g/mol. The van der Waals surface area contributed by atoms with Crippen molar-refractivity contribution in [2.24, 2.45) is 0 Å². The molecule has 1 aromatic rings. The Morgan fingerprint density at radius 1 is 1.18 bits per heavy atom. The summed E-state index contributed by atoms with van der Waals surface area (Å²) in [6.07, 6.45) is 4.45. The summed E-state index contributed by atoms with van der Waals surface area (Å²) in [5.41, 5.74) is 1.11. The quantitative estimate of drug-likeness (QED) is 0.678. The first-order chi connectivity index (χ1) is 8.33. The van der Waals surface area contributed by atoms with Crippen molar-refractivity contribution in [1.82, 2.24) is 0 Å². The van der Waals surface area contributed by atoms with Gasteiger partial charge in [0.1, 0.15) is 0 Å². The van der Waals surface area contributed by atoms with Crippen molar-refractivity contribution in [1.29, 1.82) is 0 Å². The summed E-state index contributed by atoms with van der Waals surface area (Å²) in [4.78, 5) is 0. The first-order valence-electron chi connectivity index (χ1n) is 5.88. The summed E-state index contributed by atoms with van der Waals surface area (Å²) in [6, 6.07) is 9.88. The van der Waals surface area contributed by atoms with Crippen molar-refractivity contribution in [3.63, 3.8) is 0 Å². The number of aliphatic hydroxyl groups is 2. The van der Waals surface area contributed by atoms with Crippen LogP contribution in [0.1, 0.15) is 18.4 Å². The van der Waals surface area contributed by atoms with Crippen LogP contribution in [0.15, 0.2) is 42.5 Å². The normalized spacial score (nSPS) is 13.1. The minimum atomic E-state index is -0.478. The molecule has 1 aromatic carbocycles. The Kier molecular flexibility index (Phi) is 7.30. The van der Waals surface area contributed by atoms with Crippen LogP contribution in [-0.4, -0.2) is 29.5 Å². The molecule has 0 aromatic heterocycles. The number of hydrogen-bond donors (Lipinski definition) is 2. The average Bonchev–Trinajstić information content (AvgIpc) is 2.36. The maximum absolute atomic E-state index is 9.59. The van der Waals surface area contributed by atoms with Crippen molar-refractivity contribution < 1.29 is 14.9 Å². The Morgan fingerprint density at radius 2 is 1.94 bits per heavy atom. The van der Waals surface area contributed by atoms with E-state index in [2.05, 4.69) is 0 Å². The molecule has 1 atom stereocenters. The molecule has 3 nitrogen and oxygen atoms in total. The molecule has 17 heavy (non-hydrogen) atoms. The van der Waals surface area contributed by atoms with Crippen molar-refractivity contribution in [3.8, 4) is 0 Å². The van der Waals surface area contributed by atoms with Crippen LogP contribution in [-0.2, 0) is 11.3 Å². The molecule has 0 saturated carbocycles. The van der Waals surface area contributed by atoms with Crippen LogP contribution in [0.3, 0.4) is 0 Å². The van der Waals surface area contributed by atoms with Crippen LogP contribution < -0.4 is 0 Å². The zero-order valence-electron chi connectivity index (χ0n) is 9.96. The van der Waals surface area contributed by atoms with Gasteiger partial charge in [-0.05, 0) is 18.4 Å². The van der Waals surface area contributed by atoms with Gasteiger partial charge in [-0.1, -0.05) is 42.5 Å². The molecule has 0 heterocycles. The van der Waals surface area contributed by atoms with Crippen molar-refractivity contribution in [2.75, 3.05) is 13.2 Å². The first-order valence-corrected chi connectivity index (χ1v) is 5.88. The molecule has 0 aliphatic carbocycles. The minimum absolute atomic E-state index is 0.150. The third kappa shape index (κ3) is 6.89. The van der Waals surface area contributed by atoms with Crippen LogP contribution in [0.25, 0.3) is 0 Å². The van der Waals surface area contributed by atoms with E-state index in [1.165, 1.54) is 0 Å². The molecule has 1 rings (SSSR count). The molecule has 0 unspecified atom stereocenters. The largest absolute Gasteiger partial charge is 0.396 e. The zero-order chi connectivity index (χ0) is 12.3. The third-order valence-electron chi connectivity index (χ3n) is 2.29. The Morgan fingerprint density at radius 3 is 2.65 bits per heavy atom. The lowest BCUT2D eigenvalue weighted by atomic mass is 10.2. The Labute approximate surface area is 102 Å². The zero-order valence-corrected chi connectivity index (χ0v) is 9.96. The molecule has 0 aliphatic rings. The molecule has 2 N–H and O–H groups in total. The van der Waals surface area contributed by atoms with E-state index in [1.807, 2.05) is 42.5 Å². The lowest BCUT2D eigenvalue weighted by Crippen LogP contribution is -2.14. The lowest BCUT2D eigenvalue weighted by molar-refractivity contribution is 0.0301. The van der Waals surface area contributed by atoms with Gasteiger partial charge in [-0.3, -0.25) is 0 Å². The third-order valence-corrected chi connectivity index (χ3v) is 2.29. The highest BCUT2D eigenvalue weighted by molar-refractivity contribution is 5.13. The van der Waals surface area contributed by atoms with Crippen molar-refractivity contribution in [2.45, 2.75) is 25.6 Å². The van der Waals surface area contributed by atoms with Gasteiger partial charge in [0.25, 0.3) is 0 Å². The number of aliphatic hydroxyl groups excluding tert-OH is 2. The van der Waals surface area contributed by atoms with Gasteiger partial charge in [-0.25, -0.2) is 0 Å². The summed E-state index contributed by atoms with van der Waals surface area (Å²) < 4.78 is 5.41.